The van der Waals surface area contributed by atoms with Crippen molar-refractivity contribution in [2.45, 2.75) is 12.3 Å². The first-order valence-electron chi connectivity index (χ1n) is 7.24. The van der Waals surface area contributed by atoms with Crippen LogP contribution in [0.4, 0.5) is 0 Å². The molecule has 0 radical (unpaired) electrons. The second kappa shape index (κ2) is 5.06. The minimum atomic E-state index is -0.142. The van der Waals surface area contributed by atoms with Crippen molar-refractivity contribution in [3.8, 4) is 11.5 Å². The number of pyridine rings is 1. The predicted octanol–water partition coefficient (Wildman–Crippen LogP) is 2.09. The Morgan fingerprint density at radius 2 is 2.18 bits per heavy atom. The lowest BCUT2D eigenvalue weighted by molar-refractivity contribution is 0.192. The maximum absolute atomic E-state index is 12.5. The molecule has 2 aromatic heterocycles. The van der Waals surface area contributed by atoms with Crippen molar-refractivity contribution in [2.75, 3.05) is 13.2 Å². The lowest BCUT2D eigenvalue weighted by Gasteiger charge is -2.06. The van der Waals surface area contributed by atoms with Gasteiger partial charge in [-0.1, -0.05) is 23.4 Å². The normalized spacial score (nSPS) is 18.1. The van der Waals surface area contributed by atoms with Crippen LogP contribution in [0.5, 0.6) is 0 Å². The van der Waals surface area contributed by atoms with Crippen LogP contribution in [-0.2, 0) is 11.8 Å². The van der Waals surface area contributed by atoms with Crippen LogP contribution >= 0.6 is 0 Å². The summed E-state index contributed by atoms with van der Waals surface area (Å²) in [6, 6.07) is 9.52. The Labute approximate surface area is 126 Å². The number of rotatable bonds is 2. The summed E-state index contributed by atoms with van der Waals surface area (Å²) in [5.41, 5.74) is 1.16. The maximum atomic E-state index is 12.5. The molecule has 4 rings (SSSR count). The van der Waals surface area contributed by atoms with Crippen molar-refractivity contribution in [1.82, 2.24) is 14.7 Å². The fraction of sp³-hybridized carbons (Fsp3) is 0.312. The Morgan fingerprint density at radius 1 is 1.32 bits per heavy atom. The van der Waals surface area contributed by atoms with Gasteiger partial charge in [0.05, 0.1) is 12.1 Å². The van der Waals surface area contributed by atoms with E-state index in [9.17, 15) is 4.79 Å². The highest BCUT2D eigenvalue weighted by Gasteiger charge is 2.24. The zero-order valence-electron chi connectivity index (χ0n) is 12.2. The first-order valence-corrected chi connectivity index (χ1v) is 7.24. The highest BCUT2D eigenvalue weighted by Crippen LogP contribution is 2.25. The number of nitrogens with zero attached hydrogens (tertiary/aromatic N) is 3. The molecule has 1 aromatic carbocycles. The van der Waals surface area contributed by atoms with E-state index in [0.29, 0.717) is 24.6 Å². The summed E-state index contributed by atoms with van der Waals surface area (Å²) in [6.45, 7) is 1.32. The van der Waals surface area contributed by atoms with Gasteiger partial charge in [0.15, 0.2) is 5.82 Å². The minimum Gasteiger partial charge on any atom is -0.381 e. The third-order valence-electron chi connectivity index (χ3n) is 4.10. The zero-order valence-corrected chi connectivity index (χ0v) is 12.2. The highest BCUT2D eigenvalue weighted by atomic mass is 16.5. The van der Waals surface area contributed by atoms with Gasteiger partial charge in [0.2, 0.25) is 0 Å². The van der Waals surface area contributed by atoms with Crippen molar-refractivity contribution < 1.29 is 9.26 Å². The summed E-state index contributed by atoms with van der Waals surface area (Å²) in [5.74, 6) is 1.04. The third-order valence-corrected chi connectivity index (χ3v) is 4.10. The Hall–Kier alpha value is -2.47. The molecule has 1 aliphatic heterocycles. The van der Waals surface area contributed by atoms with Gasteiger partial charge in [0, 0.05) is 19.6 Å². The van der Waals surface area contributed by atoms with Crippen molar-refractivity contribution in [1.29, 1.82) is 0 Å². The molecule has 0 spiro atoms. The van der Waals surface area contributed by atoms with Crippen molar-refractivity contribution in [3.63, 3.8) is 0 Å². The molecule has 6 heteroatoms. The Balaban J connectivity index is 1.84. The molecule has 6 nitrogen and oxygen atoms in total. The number of benzene rings is 1. The van der Waals surface area contributed by atoms with Crippen LogP contribution < -0.4 is 5.56 Å². The lowest BCUT2D eigenvalue weighted by atomic mass is 10.1. The zero-order chi connectivity index (χ0) is 15.1. The number of fused-ring (bicyclic) bond motifs is 1. The second-order valence-corrected chi connectivity index (χ2v) is 5.50. The number of hydrogen-bond donors (Lipinski definition) is 0. The van der Waals surface area contributed by atoms with E-state index >= 15 is 0 Å². The fourth-order valence-corrected chi connectivity index (χ4v) is 2.82. The van der Waals surface area contributed by atoms with E-state index in [0.717, 1.165) is 17.3 Å². The summed E-state index contributed by atoms with van der Waals surface area (Å²) in [6.07, 6.45) is 0.884. The molecule has 1 unspecified atom stereocenters. The number of para-hydroxylation sites is 1. The van der Waals surface area contributed by atoms with Crippen LogP contribution in [0, 0.1) is 0 Å². The SMILES string of the molecule is Cn1c(=O)c(-c2nc(C3CCOC3)no2)cc2ccccc21. The van der Waals surface area contributed by atoms with Crippen LogP contribution in [0.3, 0.4) is 0 Å². The molecule has 3 heterocycles. The molecule has 3 aromatic rings. The van der Waals surface area contributed by atoms with Gasteiger partial charge < -0.3 is 13.8 Å². The maximum Gasteiger partial charge on any atom is 0.263 e. The van der Waals surface area contributed by atoms with Gasteiger partial charge >= 0.3 is 0 Å². The molecule has 1 atom stereocenters. The molecule has 0 bridgehead atoms. The Bertz CT molecular complexity index is 891. The van der Waals surface area contributed by atoms with Gasteiger partial charge in [-0.25, -0.2) is 0 Å². The predicted molar refractivity (Wildman–Crippen MR) is 80.7 cm³/mol. The van der Waals surface area contributed by atoms with E-state index in [1.54, 1.807) is 17.7 Å². The minimum absolute atomic E-state index is 0.142. The lowest BCUT2D eigenvalue weighted by Crippen LogP contribution is -2.19. The van der Waals surface area contributed by atoms with E-state index in [4.69, 9.17) is 9.26 Å². The van der Waals surface area contributed by atoms with Gasteiger partial charge in [0.25, 0.3) is 11.4 Å². The molecule has 22 heavy (non-hydrogen) atoms. The van der Waals surface area contributed by atoms with Crippen LogP contribution in [0.25, 0.3) is 22.4 Å². The summed E-state index contributed by atoms with van der Waals surface area (Å²) < 4.78 is 12.3. The highest BCUT2D eigenvalue weighted by molar-refractivity contribution is 5.82. The third kappa shape index (κ3) is 2.03. The van der Waals surface area contributed by atoms with Gasteiger partial charge in [-0.15, -0.1) is 0 Å². The molecule has 0 amide bonds. The van der Waals surface area contributed by atoms with Crippen molar-refractivity contribution >= 4 is 10.9 Å². The molecule has 112 valence electrons. The number of hydrogen-bond acceptors (Lipinski definition) is 5. The Morgan fingerprint density at radius 3 is 3.00 bits per heavy atom. The smallest absolute Gasteiger partial charge is 0.263 e. The number of ether oxygens (including phenoxy) is 1. The quantitative estimate of drug-likeness (QED) is 0.724. The van der Waals surface area contributed by atoms with Crippen LogP contribution in [-0.4, -0.2) is 27.9 Å². The van der Waals surface area contributed by atoms with E-state index in [-0.39, 0.29) is 17.4 Å². The number of aryl methyl sites for hydroxylation is 1. The Kier molecular flexibility index (Phi) is 3.04. The van der Waals surface area contributed by atoms with Crippen molar-refractivity contribution in [3.05, 3.63) is 46.5 Å². The molecule has 0 aliphatic carbocycles. The average Bonchev–Trinajstić information content (AvgIpc) is 3.21. The van der Waals surface area contributed by atoms with Gasteiger partial charge in [-0.2, -0.15) is 4.98 Å². The van der Waals surface area contributed by atoms with E-state index < -0.39 is 0 Å². The van der Waals surface area contributed by atoms with Crippen LogP contribution in [0.2, 0.25) is 0 Å². The van der Waals surface area contributed by atoms with Gasteiger partial charge in [-0.05, 0) is 23.9 Å². The molecule has 1 saturated heterocycles. The van der Waals surface area contributed by atoms with Crippen LogP contribution in [0.1, 0.15) is 18.2 Å². The molecule has 1 aliphatic rings. The fourth-order valence-electron chi connectivity index (χ4n) is 2.82. The number of aromatic nitrogens is 3. The largest absolute Gasteiger partial charge is 0.381 e. The molecule has 0 N–H and O–H groups in total. The molecular weight excluding hydrogens is 282 g/mol. The molecule has 0 saturated carbocycles. The summed E-state index contributed by atoms with van der Waals surface area (Å²) in [4.78, 5) is 16.9. The van der Waals surface area contributed by atoms with Gasteiger partial charge in [0.1, 0.15) is 5.56 Å². The summed E-state index contributed by atoms with van der Waals surface area (Å²) in [7, 11) is 1.75. The second-order valence-electron chi connectivity index (χ2n) is 5.50. The topological polar surface area (TPSA) is 70.2 Å². The molecular formula is C16H15N3O3. The first-order chi connectivity index (χ1) is 10.7. The van der Waals surface area contributed by atoms with Crippen LogP contribution in [0.15, 0.2) is 39.6 Å². The monoisotopic (exact) mass is 297 g/mol. The van der Waals surface area contributed by atoms with Gasteiger partial charge in [-0.3, -0.25) is 4.79 Å². The first kappa shape index (κ1) is 13.2. The summed E-state index contributed by atoms with van der Waals surface area (Å²) in [5, 5.41) is 4.97. The standard InChI is InChI=1S/C16H15N3O3/c1-19-13-5-3-2-4-10(13)8-12(16(19)20)15-17-14(18-22-15)11-6-7-21-9-11/h2-5,8,11H,6-7,9H2,1H3. The van der Waals surface area contributed by atoms with E-state index in [2.05, 4.69) is 10.1 Å². The van der Waals surface area contributed by atoms with Crippen molar-refractivity contribution in [2.24, 2.45) is 7.05 Å². The summed E-state index contributed by atoms with van der Waals surface area (Å²) >= 11 is 0. The van der Waals surface area contributed by atoms with E-state index in [1.165, 1.54) is 0 Å². The van der Waals surface area contributed by atoms with E-state index in [1.807, 2.05) is 24.3 Å². The molecule has 1 fully saturated rings. The average molecular weight is 297 g/mol.